The molecule has 1 amide bonds. The topological polar surface area (TPSA) is 122 Å². The number of nitrogens with zero attached hydrogens (tertiary/aromatic N) is 6. The third-order valence-electron chi connectivity index (χ3n) is 5.73. The Morgan fingerprint density at radius 2 is 1.91 bits per heavy atom. The zero-order valence-electron chi connectivity index (χ0n) is 19.7. The molecule has 0 atom stereocenters. The van der Waals surface area contributed by atoms with E-state index in [0.29, 0.717) is 28.6 Å². The van der Waals surface area contributed by atoms with E-state index in [1.165, 1.54) is 24.5 Å². The minimum atomic E-state index is -0.543. The SMILES string of the molecule is CC(C)(C)c1cc(NC(=O)c2ccc(F)c(Nc3ncnc4cnc(N5CCCC5)nc34)c2)no1. The van der Waals surface area contributed by atoms with Gasteiger partial charge in [-0.2, -0.15) is 0 Å². The highest BCUT2D eigenvalue weighted by Crippen LogP contribution is 2.27. The van der Waals surface area contributed by atoms with E-state index >= 15 is 0 Å². The second kappa shape index (κ2) is 8.90. The summed E-state index contributed by atoms with van der Waals surface area (Å²) in [5.74, 6) is 0.836. The summed E-state index contributed by atoms with van der Waals surface area (Å²) < 4.78 is 20.0. The van der Waals surface area contributed by atoms with Crippen LogP contribution < -0.4 is 15.5 Å². The fourth-order valence-electron chi connectivity index (χ4n) is 3.77. The molecule has 1 fully saturated rings. The van der Waals surface area contributed by atoms with Gasteiger partial charge >= 0.3 is 0 Å². The number of halogens is 1. The summed E-state index contributed by atoms with van der Waals surface area (Å²) >= 11 is 0. The van der Waals surface area contributed by atoms with Gasteiger partial charge in [-0.3, -0.25) is 4.79 Å². The van der Waals surface area contributed by atoms with Crippen molar-refractivity contribution >= 4 is 40.2 Å². The van der Waals surface area contributed by atoms with Crippen molar-refractivity contribution in [2.45, 2.75) is 39.0 Å². The van der Waals surface area contributed by atoms with Gasteiger partial charge in [0.2, 0.25) is 5.95 Å². The first-order valence-electron chi connectivity index (χ1n) is 11.4. The average molecular weight is 477 g/mol. The first-order chi connectivity index (χ1) is 16.8. The number of carbonyl (C=O) groups excluding carboxylic acids is 1. The lowest BCUT2D eigenvalue weighted by molar-refractivity contribution is 0.102. The summed E-state index contributed by atoms with van der Waals surface area (Å²) in [6, 6.07) is 5.69. The first kappa shape index (κ1) is 22.6. The molecule has 4 heterocycles. The minimum absolute atomic E-state index is 0.0783. The van der Waals surface area contributed by atoms with Crippen LogP contribution in [0.1, 0.15) is 49.7 Å². The second-order valence-corrected chi connectivity index (χ2v) is 9.42. The van der Waals surface area contributed by atoms with Gasteiger partial charge in [0, 0.05) is 30.1 Å². The highest BCUT2D eigenvalue weighted by Gasteiger charge is 2.21. The smallest absolute Gasteiger partial charge is 0.256 e. The maximum Gasteiger partial charge on any atom is 0.256 e. The van der Waals surface area contributed by atoms with Crippen molar-refractivity contribution in [3.63, 3.8) is 0 Å². The molecule has 0 unspecified atom stereocenters. The molecule has 0 saturated carbocycles. The zero-order valence-corrected chi connectivity index (χ0v) is 19.7. The molecule has 4 aromatic rings. The van der Waals surface area contributed by atoms with Crippen molar-refractivity contribution in [3.05, 3.63) is 53.9 Å². The molecule has 0 bridgehead atoms. The largest absolute Gasteiger partial charge is 0.359 e. The maximum atomic E-state index is 14.7. The Kier molecular flexibility index (Phi) is 5.75. The van der Waals surface area contributed by atoms with Gasteiger partial charge in [0.1, 0.15) is 28.9 Å². The van der Waals surface area contributed by atoms with Crippen LogP contribution in [0.15, 0.2) is 41.3 Å². The van der Waals surface area contributed by atoms with Crippen LogP contribution in [0.25, 0.3) is 11.0 Å². The lowest BCUT2D eigenvalue weighted by atomic mass is 9.93. The molecular weight excluding hydrogens is 451 g/mol. The highest BCUT2D eigenvalue weighted by atomic mass is 19.1. The lowest BCUT2D eigenvalue weighted by Gasteiger charge is -2.16. The molecule has 5 rings (SSSR count). The number of aromatic nitrogens is 5. The fourth-order valence-corrected chi connectivity index (χ4v) is 3.77. The zero-order chi connectivity index (χ0) is 24.6. The molecule has 0 radical (unpaired) electrons. The maximum absolute atomic E-state index is 14.7. The Morgan fingerprint density at radius 3 is 2.66 bits per heavy atom. The van der Waals surface area contributed by atoms with Gasteiger partial charge in [-0.05, 0) is 31.0 Å². The Hall–Kier alpha value is -4.15. The summed E-state index contributed by atoms with van der Waals surface area (Å²) in [6.07, 6.45) is 5.16. The molecule has 1 aliphatic heterocycles. The Balaban J connectivity index is 1.40. The van der Waals surface area contributed by atoms with E-state index in [-0.39, 0.29) is 22.5 Å². The van der Waals surface area contributed by atoms with Crippen LogP contribution >= 0.6 is 0 Å². The van der Waals surface area contributed by atoms with E-state index in [4.69, 9.17) is 4.52 Å². The Morgan fingerprint density at radius 1 is 1.11 bits per heavy atom. The fraction of sp³-hybridized carbons (Fsp3) is 0.333. The van der Waals surface area contributed by atoms with Crippen LogP contribution in [0.5, 0.6) is 0 Å². The predicted octanol–water partition coefficient (Wildman–Crippen LogP) is 4.44. The number of fused-ring (bicyclic) bond motifs is 1. The Labute approximate surface area is 201 Å². The summed E-state index contributed by atoms with van der Waals surface area (Å²) in [6.45, 7) is 7.71. The number of nitrogens with one attached hydrogen (secondary N) is 2. The molecule has 2 N–H and O–H groups in total. The Bertz CT molecular complexity index is 1390. The number of benzene rings is 1. The van der Waals surface area contributed by atoms with Crippen molar-refractivity contribution in [2.75, 3.05) is 28.6 Å². The number of amides is 1. The molecule has 10 nitrogen and oxygen atoms in total. The molecule has 3 aromatic heterocycles. The molecule has 11 heteroatoms. The molecule has 1 aromatic carbocycles. The molecule has 0 aliphatic carbocycles. The van der Waals surface area contributed by atoms with Gasteiger partial charge < -0.3 is 20.1 Å². The van der Waals surface area contributed by atoms with E-state index < -0.39 is 11.7 Å². The first-order valence-corrected chi connectivity index (χ1v) is 11.4. The van der Waals surface area contributed by atoms with Crippen LogP contribution in [0.4, 0.5) is 27.7 Å². The number of hydrogen-bond acceptors (Lipinski definition) is 9. The molecule has 1 saturated heterocycles. The predicted molar refractivity (Wildman–Crippen MR) is 129 cm³/mol. The third kappa shape index (κ3) is 4.75. The summed E-state index contributed by atoms with van der Waals surface area (Å²) in [4.78, 5) is 32.4. The molecule has 1 aliphatic rings. The van der Waals surface area contributed by atoms with Gasteiger partial charge in [-0.25, -0.2) is 24.3 Å². The summed E-state index contributed by atoms with van der Waals surface area (Å²) in [5, 5.41) is 9.55. The van der Waals surface area contributed by atoms with Gasteiger partial charge in [-0.15, -0.1) is 0 Å². The number of anilines is 4. The van der Waals surface area contributed by atoms with E-state index in [1.54, 1.807) is 12.3 Å². The number of rotatable bonds is 5. The van der Waals surface area contributed by atoms with Crippen LogP contribution in [-0.2, 0) is 5.41 Å². The minimum Gasteiger partial charge on any atom is -0.359 e. The van der Waals surface area contributed by atoms with Crippen molar-refractivity contribution in [2.24, 2.45) is 0 Å². The van der Waals surface area contributed by atoms with Gasteiger partial charge in [-0.1, -0.05) is 25.9 Å². The van der Waals surface area contributed by atoms with Crippen molar-refractivity contribution in [1.82, 2.24) is 25.1 Å². The molecular formula is C24H25FN8O2. The summed E-state index contributed by atoms with van der Waals surface area (Å²) in [7, 11) is 0. The number of carbonyl (C=O) groups is 1. The third-order valence-corrected chi connectivity index (χ3v) is 5.73. The molecule has 35 heavy (non-hydrogen) atoms. The lowest BCUT2D eigenvalue weighted by Crippen LogP contribution is -2.20. The van der Waals surface area contributed by atoms with Crippen LogP contribution in [0.3, 0.4) is 0 Å². The highest BCUT2D eigenvalue weighted by molar-refractivity contribution is 6.04. The van der Waals surface area contributed by atoms with Crippen molar-refractivity contribution in [1.29, 1.82) is 0 Å². The quantitative estimate of drug-likeness (QED) is 0.430. The van der Waals surface area contributed by atoms with Crippen molar-refractivity contribution in [3.8, 4) is 0 Å². The monoisotopic (exact) mass is 476 g/mol. The van der Waals surface area contributed by atoms with E-state index in [2.05, 4.69) is 40.6 Å². The van der Waals surface area contributed by atoms with Gasteiger partial charge in [0.05, 0.1) is 11.9 Å². The average Bonchev–Trinajstić information content (AvgIpc) is 3.53. The van der Waals surface area contributed by atoms with Gasteiger partial charge in [0.25, 0.3) is 5.91 Å². The number of hydrogen-bond donors (Lipinski definition) is 2. The van der Waals surface area contributed by atoms with Crippen LogP contribution in [0.2, 0.25) is 0 Å². The normalized spacial score (nSPS) is 13.9. The standard InChI is InChI=1S/C24H25FN8O2/c1-24(2,3)18-11-19(32-35-18)30-22(34)14-6-7-15(25)16(10-14)29-21-20-17(27-13-28-21)12-26-23(31-20)33-8-4-5-9-33/h6-7,10-13H,4-5,8-9H2,1-3H3,(H,27,28,29)(H,30,32,34). The molecule has 0 spiro atoms. The van der Waals surface area contributed by atoms with Crippen LogP contribution in [0, 0.1) is 5.82 Å². The van der Waals surface area contributed by atoms with Crippen molar-refractivity contribution < 1.29 is 13.7 Å². The van der Waals surface area contributed by atoms with E-state index in [9.17, 15) is 9.18 Å². The molecule has 180 valence electrons. The van der Waals surface area contributed by atoms with Crippen LogP contribution in [-0.4, -0.2) is 44.1 Å². The van der Waals surface area contributed by atoms with E-state index in [1.807, 2.05) is 20.8 Å². The summed E-state index contributed by atoms with van der Waals surface area (Å²) in [5.41, 5.74) is 1.06. The van der Waals surface area contributed by atoms with Gasteiger partial charge in [0.15, 0.2) is 11.6 Å². The second-order valence-electron chi connectivity index (χ2n) is 9.42. The van der Waals surface area contributed by atoms with E-state index in [0.717, 1.165) is 25.9 Å².